The Kier molecular flexibility index (Phi) is 3.82. The van der Waals surface area contributed by atoms with Gasteiger partial charge in [-0.15, -0.1) is 11.3 Å². The van der Waals surface area contributed by atoms with E-state index >= 15 is 0 Å². The fourth-order valence-corrected chi connectivity index (χ4v) is 3.52. The average molecular weight is 305 g/mol. The van der Waals surface area contributed by atoms with Crippen molar-refractivity contribution in [1.29, 1.82) is 0 Å². The summed E-state index contributed by atoms with van der Waals surface area (Å²) in [5.41, 5.74) is 7.67. The molecule has 2 unspecified atom stereocenters. The van der Waals surface area contributed by atoms with Gasteiger partial charge in [0.25, 0.3) is 0 Å². The van der Waals surface area contributed by atoms with Gasteiger partial charge in [-0.3, -0.25) is 4.79 Å². The molecule has 1 saturated carbocycles. The monoisotopic (exact) mass is 305 g/mol. The highest BCUT2D eigenvalue weighted by molar-refractivity contribution is 7.14. The molecule has 2 heterocycles. The minimum atomic E-state index is 0.0188. The van der Waals surface area contributed by atoms with Gasteiger partial charge >= 0.3 is 0 Å². The first-order chi connectivity index (χ1) is 10.0. The number of carbonyl (C=O) groups excluding carboxylic acids is 1. The molecule has 6 heteroatoms. The Labute approximate surface area is 127 Å². The van der Waals surface area contributed by atoms with E-state index in [0.29, 0.717) is 5.13 Å². The maximum Gasteiger partial charge on any atom is 0.229 e. The van der Waals surface area contributed by atoms with Crippen LogP contribution in [0.4, 0.5) is 5.13 Å². The number of nitrogens with one attached hydrogen (secondary N) is 1. The molecule has 1 aliphatic carbocycles. The standard InChI is InChI=1S/C15H19N3O2S/c1-8-5-12(9(2)20-8)13-7-21-15(17-13)18-14(19)10-3-4-11(16)6-10/h5,7,10-11H,3-4,6,16H2,1-2H3,(H,17,18,19). The number of nitrogens with two attached hydrogens (primary N) is 1. The minimum absolute atomic E-state index is 0.0188. The third kappa shape index (κ3) is 3.01. The molecule has 0 aromatic carbocycles. The molecule has 3 N–H and O–H groups in total. The van der Waals surface area contributed by atoms with E-state index in [1.165, 1.54) is 11.3 Å². The molecule has 112 valence electrons. The molecule has 5 nitrogen and oxygen atoms in total. The molecule has 1 amide bonds. The largest absolute Gasteiger partial charge is 0.466 e. The highest BCUT2D eigenvalue weighted by atomic mass is 32.1. The molecule has 1 fully saturated rings. The lowest BCUT2D eigenvalue weighted by atomic mass is 10.1. The first-order valence-corrected chi connectivity index (χ1v) is 8.00. The van der Waals surface area contributed by atoms with Crippen LogP contribution in [-0.4, -0.2) is 16.9 Å². The first kappa shape index (κ1) is 14.3. The third-order valence-electron chi connectivity index (χ3n) is 3.90. The van der Waals surface area contributed by atoms with E-state index < -0.39 is 0 Å². The summed E-state index contributed by atoms with van der Waals surface area (Å²) in [5.74, 6) is 1.76. The predicted octanol–water partition coefficient (Wildman–Crippen LogP) is 3.09. The maximum atomic E-state index is 12.2. The van der Waals surface area contributed by atoms with Gasteiger partial charge in [-0.25, -0.2) is 4.98 Å². The van der Waals surface area contributed by atoms with E-state index in [9.17, 15) is 4.79 Å². The minimum Gasteiger partial charge on any atom is -0.466 e. The third-order valence-corrected chi connectivity index (χ3v) is 4.65. The number of rotatable bonds is 3. The average Bonchev–Trinajstić information content (AvgIpc) is 3.10. The molecule has 1 aliphatic rings. The summed E-state index contributed by atoms with van der Waals surface area (Å²) in [6.07, 6.45) is 2.56. The van der Waals surface area contributed by atoms with Crippen molar-refractivity contribution in [2.75, 3.05) is 5.32 Å². The van der Waals surface area contributed by atoms with E-state index in [2.05, 4.69) is 10.3 Å². The fraction of sp³-hybridized carbons (Fsp3) is 0.467. The van der Waals surface area contributed by atoms with Gasteiger partial charge in [-0.2, -0.15) is 0 Å². The van der Waals surface area contributed by atoms with Gasteiger partial charge in [0.1, 0.15) is 11.5 Å². The summed E-state index contributed by atoms with van der Waals surface area (Å²) in [5, 5.41) is 5.47. The number of hydrogen-bond donors (Lipinski definition) is 2. The van der Waals surface area contributed by atoms with Crippen molar-refractivity contribution in [2.45, 2.75) is 39.2 Å². The zero-order valence-corrected chi connectivity index (χ0v) is 13.0. The van der Waals surface area contributed by atoms with Crippen LogP contribution in [0.3, 0.4) is 0 Å². The number of furan rings is 1. The predicted molar refractivity (Wildman–Crippen MR) is 83.2 cm³/mol. The molecular weight excluding hydrogens is 286 g/mol. The smallest absolute Gasteiger partial charge is 0.229 e. The summed E-state index contributed by atoms with van der Waals surface area (Å²) < 4.78 is 5.52. The van der Waals surface area contributed by atoms with Crippen molar-refractivity contribution >= 4 is 22.4 Å². The van der Waals surface area contributed by atoms with Crippen molar-refractivity contribution in [3.63, 3.8) is 0 Å². The molecule has 2 aromatic rings. The van der Waals surface area contributed by atoms with Crippen molar-refractivity contribution in [2.24, 2.45) is 11.7 Å². The van der Waals surface area contributed by atoms with Crippen LogP contribution in [0.1, 0.15) is 30.8 Å². The van der Waals surface area contributed by atoms with Gasteiger partial charge in [0, 0.05) is 22.9 Å². The molecular formula is C15H19N3O2S. The van der Waals surface area contributed by atoms with Gasteiger partial charge in [0.15, 0.2) is 5.13 Å². The molecule has 21 heavy (non-hydrogen) atoms. The molecule has 2 atom stereocenters. The summed E-state index contributed by atoms with van der Waals surface area (Å²) in [6, 6.07) is 2.12. The van der Waals surface area contributed by atoms with E-state index in [0.717, 1.165) is 42.0 Å². The van der Waals surface area contributed by atoms with Gasteiger partial charge in [-0.1, -0.05) is 0 Å². The number of carbonyl (C=O) groups is 1. The zero-order chi connectivity index (χ0) is 15.0. The van der Waals surface area contributed by atoms with E-state index in [-0.39, 0.29) is 17.9 Å². The Hall–Kier alpha value is -1.66. The van der Waals surface area contributed by atoms with E-state index in [1.807, 2.05) is 25.3 Å². The number of nitrogens with zero attached hydrogens (tertiary/aromatic N) is 1. The first-order valence-electron chi connectivity index (χ1n) is 7.12. The Morgan fingerprint density at radius 3 is 2.90 bits per heavy atom. The second-order valence-electron chi connectivity index (χ2n) is 5.62. The lowest BCUT2D eigenvalue weighted by Crippen LogP contribution is -2.23. The highest BCUT2D eigenvalue weighted by Crippen LogP contribution is 2.31. The normalized spacial score (nSPS) is 21.7. The summed E-state index contributed by atoms with van der Waals surface area (Å²) in [4.78, 5) is 16.6. The van der Waals surface area contributed by atoms with Crippen LogP contribution in [0.15, 0.2) is 15.9 Å². The topological polar surface area (TPSA) is 81.2 Å². The van der Waals surface area contributed by atoms with Crippen molar-refractivity contribution < 1.29 is 9.21 Å². The molecule has 0 aliphatic heterocycles. The molecule has 3 rings (SSSR count). The summed E-state index contributed by atoms with van der Waals surface area (Å²) >= 11 is 1.43. The maximum absolute atomic E-state index is 12.2. The summed E-state index contributed by atoms with van der Waals surface area (Å²) in [7, 11) is 0. The van der Waals surface area contributed by atoms with Crippen LogP contribution < -0.4 is 11.1 Å². The SMILES string of the molecule is Cc1cc(-c2csc(NC(=O)C3CCC(N)C3)n2)c(C)o1. The number of amides is 1. The van der Waals surface area contributed by atoms with Crippen molar-refractivity contribution in [3.8, 4) is 11.3 Å². The number of aryl methyl sites for hydroxylation is 2. The quantitative estimate of drug-likeness (QED) is 0.913. The second-order valence-corrected chi connectivity index (χ2v) is 6.48. The number of thiazole rings is 1. The van der Waals surface area contributed by atoms with Gasteiger partial charge in [0.05, 0.1) is 5.69 Å². The van der Waals surface area contributed by atoms with Crippen LogP contribution in [-0.2, 0) is 4.79 Å². The van der Waals surface area contributed by atoms with Crippen molar-refractivity contribution in [1.82, 2.24) is 4.98 Å². The molecule has 0 spiro atoms. The Bertz CT molecular complexity index is 662. The Balaban J connectivity index is 1.71. The van der Waals surface area contributed by atoms with Crippen LogP contribution in [0.2, 0.25) is 0 Å². The van der Waals surface area contributed by atoms with Gasteiger partial charge in [-0.05, 0) is 39.2 Å². The summed E-state index contributed by atoms with van der Waals surface area (Å²) in [6.45, 7) is 3.83. The van der Waals surface area contributed by atoms with E-state index in [4.69, 9.17) is 10.2 Å². The lowest BCUT2D eigenvalue weighted by molar-refractivity contribution is -0.119. The molecule has 0 bridgehead atoms. The Morgan fingerprint density at radius 1 is 1.48 bits per heavy atom. The lowest BCUT2D eigenvalue weighted by Gasteiger charge is -2.08. The van der Waals surface area contributed by atoms with Crippen LogP contribution >= 0.6 is 11.3 Å². The van der Waals surface area contributed by atoms with Gasteiger partial charge in [0.2, 0.25) is 5.91 Å². The number of hydrogen-bond acceptors (Lipinski definition) is 5. The van der Waals surface area contributed by atoms with Crippen LogP contribution in [0.25, 0.3) is 11.3 Å². The molecule has 0 radical (unpaired) electrons. The van der Waals surface area contributed by atoms with E-state index in [1.54, 1.807) is 0 Å². The fourth-order valence-electron chi connectivity index (χ4n) is 2.80. The highest BCUT2D eigenvalue weighted by Gasteiger charge is 2.28. The zero-order valence-electron chi connectivity index (χ0n) is 12.2. The van der Waals surface area contributed by atoms with Crippen molar-refractivity contribution in [3.05, 3.63) is 23.0 Å². The van der Waals surface area contributed by atoms with Crippen LogP contribution in [0, 0.1) is 19.8 Å². The molecule has 0 saturated heterocycles. The number of aromatic nitrogens is 1. The Morgan fingerprint density at radius 2 is 2.29 bits per heavy atom. The van der Waals surface area contributed by atoms with Gasteiger partial charge < -0.3 is 15.5 Å². The number of anilines is 1. The molecule has 2 aromatic heterocycles. The van der Waals surface area contributed by atoms with Crippen LogP contribution in [0.5, 0.6) is 0 Å². The second kappa shape index (κ2) is 5.61.